The Morgan fingerprint density at radius 1 is 1.47 bits per heavy atom. The van der Waals surface area contributed by atoms with Gasteiger partial charge in [-0.1, -0.05) is 0 Å². The first-order chi connectivity index (χ1) is 7.97. The van der Waals surface area contributed by atoms with E-state index in [1.54, 1.807) is 4.57 Å². The maximum Gasteiger partial charge on any atom is 0.346 e. The Morgan fingerprint density at radius 3 is 2.88 bits per heavy atom. The lowest BCUT2D eigenvalue weighted by Crippen LogP contribution is -2.34. The molecule has 0 spiro atoms. The molecule has 0 aromatic carbocycles. The number of fused-ring (bicyclic) bond motifs is 1. The third-order valence-electron chi connectivity index (χ3n) is 2.63. The second-order valence-electron chi connectivity index (χ2n) is 5.21. The number of nitrogens with zero attached hydrogens (tertiary/aromatic N) is 3. The smallest absolute Gasteiger partial charge is 0.346 e. The lowest BCUT2D eigenvalue weighted by Gasteiger charge is -2.18. The number of hydrogen-bond donors (Lipinski definition) is 1. The first-order valence-corrected chi connectivity index (χ1v) is 5.98. The molecule has 0 saturated heterocycles. The zero-order chi connectivity index (χ0) is 12.5. The Hall–Kier alpha value is -1.14. The Bertz CT molecular complexity index is 441. The van der Waals surface area contributed by atoms with E-state index in [1.165, 1.54) is 4.68 Å². The molecule has 6 heteroatoms. The van der Waals surface area contributed by atoms with Crippen molar-refractivity contribution < 1.29 is 4.74 Å². The van der Waals surface area contributed by atoms with E-state index in [-0.39, 0.29) is 11.3 Å². The van der Waals surface area contributed by atoms with E-state index in [9.17, 15) is 4.79 Å². The van der Waals surface area contributed by atoms with Crippen LogP contribution in [-0.4, -0.2) is 33.1 Å². The minimum atomic E-state index is -0.176. The van der Waals surface area contributed by atoms with Crippen LogP contribution in [0.2, 0.25) is 0 Å². The highest BCUT2D eigenvalue weighted by atomic mass is 16.5. The van der Waals surface area contributed by atoms with Gasteiger partial charge in [-0.05, 0) is 20.8 Å². The summed E-state index contributed by atoms with van der Waals surface area (Å²) in [5.74, 6) is 0.817. The highest BCUT2D eigenvalue weighted by molar-refractivity contribution is 4.90. The fourth-order valence-corrected chi connectivity index (χ4v) is 1.82. The molecule has 2 rings (SSSR count). The Morgan fingerprint density at radius 2 is 2.24 bits per heavy atom. The fraction of sp³-hybridized carbons (Fsp3) is 0.818. The van der Waals surface area contributed by atoms with Gasteiger partial charge in [-0.2, -0.15) is 5.10 Å². The van der Waals surface area contributed by atoms with Gasteiger partial charge in [0.2, 0.25) is 0 Å². The van der Waals surface area contributed by atoms with Crippen molar-refractivity contribution >= 4 is 0 Å². The van der Waals surface area contributed by atoms with E-state index in [4.69, 9.17) is 4.74 Å². The van der Waals surface area contributed by atoms with Crippen LogP contribution < -0.4 is 11.0 Å². The molecular formula is C11H20N4O2. The van der Waals surface area contributed by atoms with Gasteiger partial charge >= 0.3 is 5.69 Å². The quantitative estimate of drug-likeness (QED) is 0.805. The summed E-state index contributed by atoms with van der Waals surface area (Å²) >= 11 is 0. The van der Waals surface area contributed by atoms with E-state index < -0.39 is 0 Å². The lowest BCUT2D eigenvalue weighted by molar-refractivity contribution is -0.00829. The van der Waals surface area contributed by atoms with Gasteiger partial charge in [0.1, 0.15) is 5.82 Å². The molecular weight excluding hydrogens is 220 g/mol. The molecule has 6 nitrogen and oxygen atoms in total. The van der Waals surface area contributed by atoms with E-state index in [0.29, 0.717) is 26.2 Å². The van der Waals surface area contributed by atoms with Gasteiger partial charge in [-0.15, -0.1) is 0 Å². The van der Waals surface area contributed by atoms with Crippen LogP contribution >= 0.6 is 0 Å². The normalized spacial score (nSPS) is 15.9. The maximum atomic E-state index is 11.9. The number of nitrogens with one attached hydrogen (secondary N) is 1. The molecule has 17 heavy (non-hydrogen) atoms. The van der Waals surface area contributed by atoms with Gasteiger partial charge in [0, 0.05) is 13.1 Å². The fourth-order valence-electron chi connectivity index (χ4n) is 1.82. The molecule has 0 radical (unpaired) electrons. The van der Waals surface area contributed by atoms with Crippen molar-refractivity contribution in [3.05, 3.63) is 16.3 Å². The van der Waals surface area contributed by atoms with Crippen LogP contribution in [0.5, 0.6) is 0 Å². The van der Waals surface area contributed by atoms with Crippen LogP contribution in [0.15, 0.2) is 4.79 Å². The predicted molar refractivity (Wildman–Crippen MR) is 63.9 cm³/mol. The van der Waals surface area contributed by atoms with Crippen LogP contribution in [0.3, 0.4) is 0 Å². The number of rotatable bonds is 3. The summed E-state index contributed by atoms with van der Waals surface area (Å²) in [5, 5.41) is 7.49. The molecule has 0 bridgehead atoms. The van der Waals surface area contributed by atoms with Crippen molar-refractivity contribution in [2.24, 2.45) is 0 Å². The first-order valence-electron chi connectivity index (χ1n) is 5.98. The summed E-state index contributed by atoms with van der Waals surface area (Å²) in [7, 11) is 0. The third-order valence-corrected chi connectivity index (χ3v) is 2.63. The Labute approximate surface area is 101 Å². The molecule has 1 N–H and O–H groups in total. The number of aromatic nitrogens is 3. The van der Waals surface area contributed by atoms with E-state index in [1.807, 2.05) is 20.8 Å². The van der Waals surface area contributed by atoms with Gasteiger partial charge in [0.25, 0.3) is 0 Å². The highest BCUT2D eigenvalue weighted by Gasteiger charge is 2.16. The molecule has 1 aliphatic rings. The molecule has 2 heterocycles. The minimum absolute atomic E-state index is 0.0287. The van der Waals surface area contributed by atoms with E-state index >= 15 is 0 Å². The van der Waals surface area contributed by atoms with Crippen LogP contribution in [-0.2, 0) is 24.4 Å². The standard InChI is InChI=1S/C11H20N4O2/c1-11(2,3)17-7-6-15-10(16)14-5-4-12-8-9(14)13-15/h12H,4-8H2,1-3H3. The Balaban J connectivity index is 2.02. The molecule has 1 aromatic rings. The number of hydrogen-bond acceptors (Lipinski definition) is 4. The van der Waals surface area contributed by atoms with Gasteiger partial charge < -0.3 is 10.1 Å². The number of ether oxygens (including phenoxy) is 1. The van der Waals surface area contributed by atoms with Gasteiger partial charge in [0.15, 0.2) is 0 Å². The molecule has 1 aliphatic heterocycles. The molecule has 1 aromatic heterocycles. The van der Waals surface area contributed by atoms with Gasteiger partial charge in [-0.3, -0.25) is 4.57 Å². The SMILES string of the molecule is CC(C)(C)OCCn1nc2n(c1=O)CCNC2. The van der Waals surface area contributed by atoms with Gasteiger partial charge in [0.05, 0.1) is 25.3 Å². The average Bonchev–Trinajstić information content (AvgIpc) is 2.55. The van der Waals surface area contributed by atoms with Crippen molar-refractivity contribution in [3.63, 3.8) is 0 Å². The molecule has 0 atom stereocenters. The summed E-state index contributed by atoms with van der Waals surface area (Å²) < 4.78 is 8.82. The first kappa shape index (κ1) is 12.3. The summed E-state index contributed by atoms with van der Waals surface area (Å²) in [6, 6.07) is 0. The molecule has 0 aliphatic carbocycles. The molecule has 0 amide bonds. The largest absolute Gasteiger partial charge is 0.374 e. The second kappa shape index (κ2) is 4.62. The predicted octanol–water partition coefficient (Wildman–Crippen LogP) is -0.0369. The van der Waals surface area contributed by atoms with Crippen molar-refractivity contribution in [2.75, 3.05) is 13.2 Å². The van der Waals surface area contributed by atoms with Crippen LogP contribution in [0, 0.1) is 0 Å². The second-order valence-corrected chi connectivity index (χ2v) is 5.21. The minimum Gasteiger partial charge on any atom is -0.374 e. The van der Waals surface area contributed by atoms with Crippen molar-refractivity contribution in [2.45, 2.75) is 46.0 Å². The average molecular weight is 240 g/mol. The van der Waals surface area contributed by atoms with Crippen LogP contribution in [0.1, 0.15) is 26.6 Å². The zero-order valence-electron chi connectivity index (χ0n) is 10.7. The third kappa shape index (κ3) is 2.95. The Kier molecular flexibility index (Phi) is 3.35. The van der Waals surface area contributed by atoms with Crippen LogP contribution in [0.4, 0.5) is 0 Å². The highest BCUT2D eigenvalue weighted by Crippen LogP contribution is 2.06. The summed E-state index contributed by atoms with van der Waals surface area (Å²) in [4.78, 5) is 11.9. The van der Waals surface area contributed by atoms with Crippen molar-refractivity contribution in [1.82, 2.24) is 19.7 Å². The summed E-state index contributed by atoms with van der Waals surface area (Å²) in [6.07, 6.45) is 0. The lowest BCUT2D eigenvalue weighted by atomic mass is 10.2. The van der Waals surface area contributed by atoms with Crippen molar-refractivity contribution in [1.29, 1.82) is 0 Å². The van der Waals surface area contributed by atoms with Crippen molar-refractivity contribution in [3.8, 4) is 0 Å². The molecule has 96 valence electrons. The monoisotopic (exact) mass is 240 g/mol. The zero-order valence-corrected chi connectivity index (χ0v) is 10.7. The molecule has 0 fully saturated rings. The summed E-state index contributed by atoms with van der Waals surface area (Å²) in [6.45, 7) is 9.21. The molecule has 0 saturated carbocycles. The molecule has 0 unspecified atom stereocenters. The maximum absolute atomic E-state index is 11.9. The topological polar surface area (TPSA) is 61.1 Å². The van der Waals surface area contributed by atoms with E-state index in [2.05, 4.69) is 10.4 Å². The van der Waals surface area contributed by atoms with Gasteiger partial charge in [-0.25, -0.2) is 9.48 Å². The van der Waals surface area contributed by atoms with Crippen LogP contribution in [0.25, 0.3) is 0 Å². The summed E-state index contributed by atoms with van der Waals surface area (Å²) in [5.41, 5.74) is -0.205. The van der Waals surface area contributed by atoms with E-state index in [0.717, 1.165) is 12.4 Å².